The lowest BCUT2D eigenvalue weighted by Gasteiger charge is -2.10. The fourth-order valence-electron chi connectivity index (χ4n) is 5.71. The van der Waals surface area contributed by atoms with Gasteiger partial charge in [0.25, 0.3) is 0 Å². The van der Waals surface area contributed by atoms with Crippen LogP contribution in [0.5, 0.6) is 0 Å². The molecule has 0 aliphatic heterocycles. The molecule has 0 amide bonds. The molecule has 45 heavy (non-hydrogen) atoms. The molecule has 3 aromatic heterocycles. The van der Waals surface area contributed by atoms with Crippen LogP contribution >= 0.6 is 0 Å². The van der Waals surface area contributed by atoms with E-state index >= 15 is 0 Å². The zero-order valence-corrected chi connectivity index (χ0v) is 23.9. The first-order valence-electron chi connectivity index (χ1n) is 14.5. The third kappa shape index (κ3) is 4.79. The van der Waals surface area contributed by atoms with Crippen molar-refractivity contribution in [2.45, 2.75) is 0 Å². The van der Waals surface area contributed by atoms with Crippen molar-refractivity contribution in [3.63, 3.8) is 0 Å². The summed E-state index contributed by atoms with van der Waals surface area (Å²) in [5, 5.41) is 2.11. The van der Waals surface area contributed by atoms with Crippen molar-refractivity contribution in [2.24, 2.45) is 0 Å². The lowest BCUT2D eigenvalue weighted by Crippen LogP contribution is -2.00. The second-order valence-corrected chi connectivity index (χ2v) is 10.6. The van der Waals surface area contributed by atoms with Gasteiger partial charge < -0.3 is 4.42 Å². The van der Waals surface area contributed by atoms with E-state index in [0.717, 1.165) is 60.9 Å². The zero-order valence-electron chi connectivity index (χ0n) is 23.9. The van der Waals surface area contributed by atoms with Crippen LogP contribution < -0.4 is 0 Å². The number of pyridine rings is 1. The van der Waals surface area contributed by atoms with Gasteiger partial charge in [0.2, 0.25) is 0 Å². The first kappa shape index (κ1) is 26.2. The first-order valence-corrected chi connectivity index (χ1v) is 14.5. The molecule has 0 aliphatic carbocycles. The predicted molar refractivity (Wildman–Crippen MR) is 178 cm³/mol. The van der Waals surface area contributed by atoms with E-state index in [2.05, 4.69) is 34.1 Å². The molecule has 0 bridgehead atoms. The molecule has 0 radical (unpaired) electrons. The number of furan rings is 1. The number of fused-ring (bicyclic) bond motifs is 3. The van der Waals surface area contributed by atoms with E-state index in [4.69, 9.17) is 25.9 Å². The summed E-state index contributed by atoms with van der Waals surface area (Å²) in [4.78, 5) is 22.7. The van der Waals surface area contributed by atoms with Crippen LogP contribution in [-0.2, 0) is 0 Å². The maximum atomic E-state index is 7.60. The maximum Gasteiger partial charge on any atom is 0.197 e. The normalized spacial score (nSPS) is 11.1. The van der Waals surface area contributed by atoms with Crippen molar-refractivity contribution in [2.75, 3.05) is 0 Å². The summed E-state index contributed by atoms with van der Waals surface area (Å²) in [6.45, 7) is 7.60. The van der Waals surface area contributed by atoms with Crippen LogP contribution in [0, 0.1) is 6.57 Å². The lowest BCUT2D eigenvalue weighted by molar-refractivity contribution is 0.669. The minimum absolute atomic E-state index is 0.532. The van der Waals surface area contributed by atoms with E-state index in [1.54, 1.807) is 18.5 Å². The number of rotatable bonds is 5. The van der Waals surface area contributed by atoms with Gasteiger partial charge >= 0.3 is 0 Å². The standard InChI is InChI=1S/C39H23N5O/c1-40-33-20-21-41-24-32(33)27-14-8-15-28(22-27)38-42-37(26-12-6-3-7-13-26)43-39(44-38)29-18-19-31-35(23-29)45-34-17-9-16-30(36(31)34)25-10-4-2-5-11-25/h2-24H. The molecular weight excluding hydrogens is 554 g/mol. The first-order chi connectivity index (χ1) is 22.2. The molecule has 0 saturated carbocycles. The molecule has 0 unspecified atom stereocenters. The van der Waals surface area contributed by atoms with Gasteiger partial charge in [-0.25, -0.2) is 19.8 Å². The number of hydrogen-bond donors (Lipinski definition) is 0. The Morgan fingerprint density at radius 3 is 1.91 bits per heavy atom. The molecule has 0 spiro atoms. The third-order valence-electron chi connectivity index (χ3n) is 7.86. The second kappa shape index (κ2) is 11.0. The predicted octanol–water partition coefficient (Wildman–Crippen LogP) is 10.1. The Morgan fingerprint density at radius 1 is 0.511 bits per heavy atom. The third-order valence-corrected chi connectivity index (χ3v) is 7.86. The molecular formula is C39H23N5O. The molecule has 8 rings (SSSR count). The van der Waals surface area contributed by atoms with Crippen molar-refractivity contribution in [1.29, 1.82) is 0 Å². The summed E-state index contributed by atoms with van der Waals surface area (Å²) in [7, 11) is 0. The van der Waals surface area contributed by atoms with Crippen LogP contribution in [0.4, 0.5) is 5.69 Å². The van der Waals surface area contributed by atoms with E-state index in [-0.39, 0.29) is 0 Å². The summed E-state index contributed by atoms with van der Waals surface area (Å²) >= 11 is 0. The van der Waals surface area contributed by atoms with Gasteiger partial charge in [0.15, 0.2) is 23.2 Å². The Kier molecular flexibility index (Phi) is 6.40. The van der Waals surface area contributed by atoms with E-state index in [1.807, 2.05) is 97.1 Å². The fourth-order valence-corrected chi connectivity index (χ4v) is 5.71. The van der Waals surface area contributed by atoms with E-state index < -0.39 is 0 Å². The minimum Gasteiger partial charge on any atom is -0.456 e. The topological polar surface area (TPSA) is 69.1 Å². The summed E-state index contributed by atoms with van der Waals surface area (Å²) in [5.74, 6) is 1.64. The summed E-state index contributed by atoms with van der Waals surface area (Å²) in [6, 6.07) is 42.1. The average Bonchev–Trinajstić information content (AvgIpc) is 3.50. The molecule has 0 saturated heterocycles. The molecule has 0 N–H and O–H groups in total. The summed E-state index contributed by atoms with van der Waals surface area (Å²) < 4.78 is 6.39. The molecule has 6 nitrogen and oxygen atoms in total. The lowest BCUT2D eigenvalue weighted by atomic mass is 9.99. The van der Waals surface area contributed by atoms with Crippen LogP contribution in [0.2, 0.25) is 0 Å². The van der Waals surface area contributed by atoms with Gasteiger partial charge in [-0.1, -0.05) is 97.1 Å². The SMILES string of the molecule is [C-]#[N+]c1ccncc1-c1cccc(-c2nc(-c3ccccc3)nc(-c3ccc4c(c3)oc3cccc(-c5ccccc5)c34)n2)c1. The molecule has 0 aliphatic rings. The highest BCUT2D eigenvalue weighted by molar-refractivity contribution is 6.13. The van der Waals surface area contributed by atoms with Crippen LogP contribution in [0.15, 0.2) is 144 Å². The molecule has 210 valence electrons. The van der Waals surface area contributed by atoms with E-state index in [9.17, 15) is 0 Å². The van der Waals surface area contributed by atoms with Crippen LogP contribution in [0.3, 0.4) is 0 Å². The number of hydrogen-bond acceptors (Lipinski definition) is 5. The number of benzene rings is 5. The second-order valence-electron chi connectivity index (χ2n) is 10.6. The smallest absolute Gasteiger partial charge is 0.197 e. The van der Waals surface area contributed by atoms with Crippen LogP contribution in [0.1, 0.15) is 0 Å². The van der Waals surface area contributed by atoms with Crippen molar-refractivity contribution < 1.29 is 4.42 Å². The van der Waals surface area contributed by atoms with Gasteiger partial charge in [0.1, 0.15) is 11.2 Å². The van der Waals surface area contributed by atoms with Crippen molar-refractivity contribution in [3.8, 4) is 56.4 Å². The van der Waals surface area contributed by atoms with Gasteiger partial charge in [0.05, 0.1) is 6.57 Å². The summed E-state index contributed by atoms with van der Waals surface area (Å²) in [5.41, 5.74) is 8.55. The van der Waals surface area contributed by atoms with Crippen LogP contribution in [-0.4, -0.2) is 19.9 Å². The number of nitrogens with zero attached hydrogens (tertiary/aromatic N) is 5. The van der Waals surface area contributed by atoms with E-state index in [0.29, 0.717) is 23.2 Å². The summed E-state index contributed by atoms with van der Waals surface area (Å²) in [6.07, 6.45) is 3.35. The average molecular weight is 578 g/mol. The zero-order chi connectivity index (χ0) is 30.2. The van der Waals surface area contributed by atoms with E-state index in [1.165, 1.54) is 0 Å². The Bertz CT molecular complexity index is 2390. The fraction of sp³-hybridized carbons (Fsp3) is 0. The Balaban J connectivity index is 1.29. The highest BCUT2D eigenvalue weighted by atomic mass is 16.3. The highest BCUT2D eigenvalue weighted by Crippen LogP contribution is 2.38. The molecule has 3 heterocycles. The van der Waals surface area contributed by atoms with Gasteiger partial charge in [-0.3, -0.25) is 4.98 Å². The molecule has 0 fully saturated rings. The van der Waals surface area contributed by atoms with Crippen molar-refractivity contribution in [3.05, 3.63) is 151 Å². The molecule has 8 aromatic rings. The quantitative estimate of drug-likeness (QED) is 0.190. The largest absolute Gasteiger partial charge is 0.456 e. The number of aromatic nitrogens is 4. The van der Waals surface area contributed by atoms with Gasteiger partial charge in [-0.05, 0) is 47.0 Å². The maximum absolute atomic E-state index is 7.60. The van der Waals surface area contributed by atoms with Crippen molar-refractivity contribution >= 4 is 27.6 Å². The molecule has 0 atom stereocenters. The molecule has 5 aromatic carbocycles. The Morgan fingerprint density at radius 2 is 1.16 bits per heavy atom. The Hall–Kier alpha value is -6.45. The monoisotopic (exact) mass is 577 g/mol. The van der Waals surface area contributed by atoms with Gasteiger partial charge in [0, 0.05) is 45.4 Å². The van der Waals surface area contributed by atoms with Gasteiger partial charge in [-0.15, -0.1) is 0 Å². The van der Waals surface area contributed by atoms with Gasteiger partial charge in [-0.2, -0.15) is 0 Å². The highest BCUT2D eigenvalue weighted by Gasteiger charge is 2.17. The molecule has 6 heteroatoms. The minimum atomic E-state index is 0.532. The van der Waals surface area contributed by atoms with Crippen LogP contribution in [0.25, 0.3) is 83.2 Å². The Labute approximate surface area is 259 Å². The van der Waals surface area contributed by atoms with Crippen molar-refractivity contribution in [1.82, 2.24) is 19.9 Å².